The number of nitrogens with zero attached hydrogens (tertiary/aromatic N) is 2. The number of piperazine rings is 1. The number of carbonyl (C=O) groups is 1. The molecule has 0 saturated carbocycles. The molecule has 1 fully saturated rings. The first-order valence-corrected chi connectivity index (χ1v) is 7.74. The molecule has 0 aliphatic carbocycles. The fourth-order valence-corrected chi connectivity index (χ4v) is 2.76. The Kier molecular flexibility index (Phi) is 5.43. The zero-order chi connectivity index (χ0) is 14.5. The lowest BCUT2D eigenvalue weighted by atomic mass is 10.2. The topological polar surface area (TPSA) is 32.8 Å². The van der Waals surface area contributed by atoms with E-state index in [2.05, 4.69) is 20.8 Å². The van der Waals surface area contributed by atoms with Crippen molar-refractivity contribution in [1.82, 2.24) is 9.80 Å². The molecule has 0 bridgehead atoms. The van der Waals surface area contributed by atoms with Crippen LogP contribution in [0.1, 0.15) is 13.3 Å². The fourth-order valence-electron chi connectivity index (χ4n) is 2.38. The average molecular weight is 341 g/mol. The van der Waals surface area contributed by atoms with E-state index in [4.69, 9.17) is 4.74 Å². The largest absolute Gasteiger partial charge is 0.494 e. The van der Waals surface area contributed by atoms with Gasteiger partial charge in [-0.15, -0.1) is 0 Å². The molecule has 1 aliphatic heterocycles. The van der Waals surface area contributed by atoms with Crippen LogP contribution in [0.4, 0.5) is 0 Å². The minimum atomic E-state index is -0.0142. The highest BCUT2D eigenvalue weighted by molar-refractivity contribution is 9.10. The van der Waals surface area contributed by atoms with Gasteiger partial charge in [-0.05, 0) is 31.5 Å². The number of benzene rings is 1. The third kappa shape index (κ3) is 3.96. The zero-order valence-electron chi connectivity index (χ0n) is 12.0. The molecule has 0 radical (unpaired) electrons. The van der Waals surface area contributed by atoms with Gasteiger partial charge in [0.2, 0.25) is 5.91 Å². The first-order chi connectivity index (χ1) is 9.58. The van der Waals surface area contributed by atoms with E-state index < -0.39 is 0 Å². The molecule has 1 aromatic rings. The summed E-state index contributed by atoms with van der Waals surface area (Å²) in [5.41, 5.74) is 0. The van der Waals surface area contributed by atoms with Gasteiger partial charge in [0.05, 0.1) is 12.6 Å². The van der Waals surface area contributed by atoms with Crippen molar-refractivity contribution in [3.8, 4) is 5.75 Å². The Morgan fingerprint density at radius 3 is 2.95 bits per heavy atom. The predicted molar refractivity (Wildman–Crippen MR) is 82.9 cm³/mol. The van der Waals surface area contributed by atoms with Crippen LogP contribution >= 0.6 is 15.9 Å². The molecule has 2 rings (SSSR count). The summed E-state index contributed by atoms with van der Waals surface area (Å²) in [6.45, 7) is 5.31. The van der Waals surface area contributed by atoms with Gasteiger partial charge in [-0.25, -0.2) is 0 Å². The predicted octanol–water partition coefficient (Wildman–Crippen LogP) is 2.38. The van der Waals surface area contributed by atoms with E-state index in [0.717, 1.165) is 36.3 Å². The summed E-state index contributed by atoms with van der Waals surface area (Å²) >= 11 is 3.42. The molecule has 110 valence electrons. The van der Waals surface area contributed by atoms with Gasteiger partial charge < -0.3 is 9.64 Å². The van der Waals surface area contributed by atoms with Gasteiger partial charge in [0.1, 0.15) is 5.75 Å². The van der Waals surface area contributed by atoms with Gasteiger partial charge in [-0.2, -0.15) is 0 Å². The van der Waals surface area contributed by atoms with Crippen molar-refractivity contribution in [3.63, 3.8) is 0 Å². The lowest BCUT2D eigenvalue weighted by Crippen LogP contribution is -2.54. The molecule has 1 saturated heterocycles. The van der Waals surface area contributed by atoms with Gasteiger partial charge in [0, 0.05) is 31.2 Å². The van der Waals surface area contributed by atoms with Crippen molar-refractivity contribution in [2.45, 2.75) is 19.4 Å². The SMILES string of the molecule is C[C@@H]1C(=O)N(C)CCN1CCCOc1cccc(Br)c1. The number of amides is 1. The molecule has 0 N–H and O–H groups in total. The number of likely N-dealkylation sites (N-methyl/N-ethyl adjacent to an activating group) is 1. The average Bonchev–Trinajstić information content (AvgIpc) is 2.43. The number of ether oxygens (including phenoxy) is 1. The van der Waals surface area contributed by atoms with E-state index in [9.17, 15) is 4.79 Å². The molecule has 4 nitrogen and oxygen atoms in total. The maximum absolute atomic E-state index is 11.9. The summed E-state index contributed by atoms with van der Waals surface area (Å²) in [5, 5.41) is 0. The minimum Gasteiger partial charge on any atom is -0.494 e. The summed E-state index contributed by atoms with van der Waals surface area (Å²) in [6.07, 6.45) is 0.924. The lowest BCUT2D eigenvalue weighted by Gasteiger charge is -2.37. The summed E-state index contributed by atoms with van der Waals surface area (Å²) < 4.78 is 6.73. The molecule has 5 heteroatoms. The smallest absolute Gasteiger partial charge is 0.239 e. The van der Waals surface area contributed by atoms with Crippen LogP contribution in [0.2, 0.25) is 0 Å². The molecule has 1 heterocycles. The molecular formula is C15H21BrN2O2. The fraction of sp³-hybridized carbons (Fsp3) is 0.533. The molecule has 1 aliphatic rings. The zero-order valence-corrected chi connectivity index (χ0v) is 13.6. The van der Waals surface area contributed by atoms with Crippen molar-refractivity contribution in [3.05, 3.63) is 28.7 Å². The summed E-state index contributed by atoms with van der Waals surface area (Å²) in [6, 6.07) is 7.83. The first-order valence-electron chi connectivity index (χ1n) is 6.95. The summed E-state index contributed by atoms with van der Waals surface area (Å²) in [7, 11) is 1.87. The summed E-state index contributed by atoms with van der Waals surface area (Å²) in [4.78, 5) is 15.9. The molecule has 0 unspecified atom stereocenters. The highest BCUT2D eigenvalue weighted by Gasteiger charge is 2.28. The molecule has 1 aromatic carbocycles. The van der Waals surface area contributed by atoms with Gasteiger partial charge in [-0.1, -0.05) is 22.0 Å². The Hall–Kier alpha value is -1.07. The normalized spacial score (nSPS) is 20.2. The van der Waals surface area contributed by atoms with Crippen LogP contribution in [0.3, 0.4) is 0 Å². The number of rotatable bonds is 5. The third-order valence-electron chi connectivity index (χ3n) is 3.66. The first kappa shape index (κ1) is 15.3. The lowest BCUT2D eigenvalue weighted by molar-refractivity contribution is -0.139. The van der Waals surface area contributed by atoms with Gasteiger partial charge in [0.15, 0.2) is 0 Å². The van der Waals surface area contributed by atoms with Gasteiger partial charge in [0.25, 0.3) is 0 Å². The number of carbonyl (C=O) groups excluding carboxylic acids is 1. The van der Waals surface area contributed by atoms with Crippen LogP contribution in [-0.2, 0) is 4.79 Å². The quantitative estimate of drug-likeness (QED) is 0.771. The molecular weight excluding hydrogens is 320 g/mol. The van der Waals surface area contributed by atoms with Crippen molar-refractivity contribution in [2.24, 2.45) is 0 Å². The number of hydrogen-bond donors (Lipinski definition) is 0. The van der Waals surface area contributed by atoms with Crippen LogP contribution < -0.4 is 4.74 Å². The Morgan fingerprint density at radius 1 is 1.40 bits per heavy atom. The van der Waals surface area contributed by atoms with Crippen LogP contribution in [0.15, 0.2) is 28.7 Å². The van der Waals surface area contributed by atoms with Crippen molar-refractivity contribution in [2.75, 3.05) is 33.3 Å². The maximum Gasteiger partial charge on any atom is 0.239 e. The maximum atomic E-state index is 11.9. The van der Waals surface area contributed by atoms with Crippen LogP contribution in [0.5, 0.6) is 5.75 Å². The Morgan fingerprint density at radius 2 is 2.20 bits per heavy atom. The van der Waals surface area contributed by atoms with E-state index >= 15 is 0 Å². The third-order valence-corrected chi connectivity index (χ3v) is 4.15. The second-order valence-electron chi connectivity index (χ2n) is 5.13. The molecule has 0 aromatic heterocycles. The van der Waals surface area contributed by atoms with Crippen LogP contribution in [-0.4, -0.2) is 55.0 Å². The van der Waals surface area contributed by atoms with Crippen LogP contribution in [0.25, 0.3) is 0 Å². The van der Waals surface area contributed by atoms with Crippen molar-refractivity contribution in [1.29, 1.82) is 0 Å². The Labute approximate surface area is 128 Å². The van der Waals surface area contributed by atoms with E-state index in [1.54, 1.807) is 4.90 Å². The highest BCUT2D eigenvalue weighted by Crippen LogP contribution is 2.18. The Balaban J connectivity index is 1.72. The second-order valence-corrected chi connectivity index (χ2v) is 6.05. The Bertz CT molecular complexity index is 467. The standard InChI is InChI=1S/C15H21BrN2O2/c1-12-15(19)17(2)8-9-18(12)7-4-10-20-14-6-3-5-13(16)11-14/h3,5-6,11-12H,4,7-10H2,1-2H3/t12-/m1/s1. The van der Waals surface area contributed by atoms with E-state index in [1.165, 1.54) is 0 Å². The highest BCUT2D eigenvalue weighted by atomic mass is 79.9. The monoisotopic (exact) mass is 340 g/mol. The van der Waals surface area contributed by atoms with Gasteiger partial charge in [-0.3, -0.25) is 9.69 Å². The number of hydrogen-bond acceptors (Lipinski definition) is 3. The summed E-state index contributed by atoms with van der Waals surface area (Å²) in [5.74, 6) is 1.09. The van der Waals surface area contributed by atoms with E-state index in [-0.39, 0.29) is 11.9 Å². The minimum absolute atomic E-state index is 0.0142. The molecule has 1 atom stereocenters. The molecule has 1 amide bonds. The van der Waals surface area contributed by atoms with Crippen molar-refractivity contribution >= 4 is 21.8 Å². The molecule has 0 spiro atoms. The molecule has 20 heavy (non-hydrogen) atoms. The number of halogens is 1. The van der Waals surface area contributed by atoms with Crippen LogP contribution in [0, 0.1) is 0 Å². The van der Waals surface area contributed by atoms with Crippen molar-refractivity contribution < 1.29 is 9.53 Å². The van der Waals surface area contributed by atoms with E-state index in [1.807, 2.05) is 38.2 Å². The van der Waals surface area contributed by atoms with Gasteiger partial charge >= 0.3 is 0 Å². The second kappa shape index (κ2) is 7.09. The van der Waals surface area contributed by atoms with E-state index in [0.29, 0.717) is 6.61 Å².